The minimum absolute atomic E-state index is 0.116. The van der Waals surface area contributed by atoms with E-state index in [1.54, 1.807) is 16.6 Å². The first-order chi connectivity index (χ1) is 14.9. The number of anilines is 2. The Balaban J connectivity index is 1.40. The van der Waals surface area contributed by atoms with Gasteiger partial charge in [-0.05, 0) is 42.5 Å². The standard InChI is InChI=1S/C21H16ClN5O3S/c22-18-12-16(27-9-10-31(27,29)30)6-7-17(18)21(28)25-15-4-1-3-14(11-15)20-19-5-2-8-26(19)24-13-23-20/h1-8,11-13H,9-10H2,(H,25,28). The number of amides is 1. The fourth-order valence-electron chi connectivity index (χ4n) is 3.50. The number of rotatable bonds is 4. The Morgan fingerprint density at radius 2 is 1.97 bits per heavy atom. The van der Waals surface area contributed by atoms with Crippen LogP contribution in [0.5, 0.6) is 0 Å². The number of sulfonamides is 1. The monoisotopic (exact) mass is 453 g/mol. The lowest BCUT2D eigenvalue weighted by Gasteiger charge is -2.32. The van der Waals surface area contributed by atoms with E-state index < -0.39 is 15.9 Å². The molecule has 31 heavy (non-hydrogen) atoms. The van der Waals surface area contributed by atoms with Gasteiger partial charge in [-0.1, -0.05) is 23.7 Å². The quantitative estimate of drug-likeness (QED) is 0.510. The van der Waals surface area contributed by atoms with Gasteiger partial charge in [0.2, 0.25) is 10.0 Å². The number of benzene rings is 2. The zero-order chi connectivity index (χ0) is 21.6. The van der Waals surface area contributed by atoms with Gasteiger partial charge in [-0.3, -0.25) is 9.10 Å². The van der Waals surface area contributed by atoms with Gasteiger partial charge in [0.15, 0.2) is 0 Å². The largest absolute Gasteiger partial charge is 0.322 e. The highest BCUT2D eigenvalue weighted by atomic mass is 35.5. The van der Waals surface area contributed by atoms with Crippen LogP contribution in [0.1, 0.15) is 10.4 Å². The molecule has 1 aliphatic heterocycles. The Morgan fingerprint density at radius 1 is 1.10 bits per heavy atom. The second-order valence-electron chi connectivity index (χ2n) is 7.03. The van der Waals surface area contributed by atoms with Gasteiger partial charge in [-0.2, -0.15) is 5.10 Å². The van der Waals surface area contributed by atoms with E-state index in [9.17, 15) is 13.2 Å². The molecule has 0 spiro atoms. The number of aromatic nitrogens is 3. The highest BCUT2D eigenvalue weighted by molar-refractivity contribution is 7.94. The van der Waals surface area contributed by atoms with Gasteiger partial charge in [0, 0.05) is 24.0 Å². The summed E-state index contributed by atoms with van der Waals surface area (Å²) in [6.07, 6.45) is 3.32. The van der Waals surface area contributed by atoms with Crippen molar-refractivity contribution >= 4 is 44.4 Å². The number of hydrogen-bond donors (Lipinski definition) is 1. The van der Waals surface area contributed by atoms with Crippen molar-refractivity contribution in [1.29, 1.82) is 0 Å². The number of hydrogen-bond acceptors (Lipinski definition) is 5. The maximum atomic E-state index is 12.8. The topological polar surface area (TPSA) is 96.7 Å². The highest BCUT2D eigenvalue weighted by Crippen LogP contribution is 2.30. The van der Waals surface area contributed by atoms with Crippen LogP contribution >= 0.6 is 11.6 Å². The van der Waals surface area contributed by atoms with Crippen molar-refractivity contribution in [3.63, 3.8) is 0 Å². The van der Waals surface area contributed by atoms with Crippen LogP contribution in [0.15, 0.2) is 67.1 Å². The SMILES string of the molecule is O=C(Nc1cccc(-c2ncnn3cccc23)c1)c1ccc(N2CCS2(=O)=O)cc1Cl. The third kappa shape index (κ3) is 3.51. The lowest BCUT2D eigenvalue weighted by Crippen LogP contribution is -2.47. The summed E-state index contributed by atoms with van der Waals surface area (Å²) in [5.74, 6) is -0.277. The molecule has 0 unspecified atom stereocenters. The molecule has 0 aliphatic carbocycles. The predicted molar refractivity (Wildman–Crippen MR) is 119 cm³/mol. The average molecular weight is 454 g/mol. The first kappa shape index (κ1) is 19.5. The predicted octanol–water partition coefficient (Wildman–Crippen LogP) is 3.45. The van der Waals surface area contributed by atoms with Crippen molar-refractivity contribution in [1.82, 2.24) is 14.6 Å². The Morgan fingerprint density at radius 3 is 2.71 bits per heavy atom. The normalized spacial score (nSPS) is 14.9. The second kappa shape index (κ2) is 7.36. The molecule has 1 N–H and O–H groups in total. The molecule has 1 fully saturated rings. The van der Waals surface area contributed by atoms with Crippen molar-refractivity contribution in [2.45, 2.75) is 0 Å². The number of nitrogens with one attached hydrogen (secondary N) is 1. The maximum absolute atomic E-state index is 12.8. The zero-order valence-electron chi connectivity index (χ0n) is 16.1. The second-order valence-corrected chi connectivity index (χ2v) is 9.45. The molecule has 2 aromatic heterocycles. The van der Waals surface area contributed by atoms with Crippen molar-refractivity contribution in [3.8, 4) is 11.3 Å². The summed E-state index contributed by atoms with van der Waals surface area (Å²) in [5, 5.41) is 7.18. The van der Waals surface area contributed by atoms with E-state index in [0.29, 0.717) is 17.9 Å². The van der Waals surface area contributed by atoms with Gasteiger partial charge in [0.25, 0.3) is 5.91 Å². The summed E-state index contributed by atoms with van der Waals surface area (Å²) >= 11 is 6.29. The molecule has 1 amide bonds. The Labute approximate surface area is 183 Å². The average Bonchev–Trinajstić information content (AvgIpc) is 3.22. The molecule has 0 bridgehead atoms. The fourth-order valence-corrected chi connectivity index (χ4v) is 4.85. The van der Waals surface area contributed by atoms with Crippen LogP contribution in [-0.4, -0.2) is 41.2 Å². The molecule has 1 saturated heterocycles. The summed E-state index contributed by atoms with van der Waals surface area (Å²) < 4.78 is 26.6. The summed E-state index contributed by atoms with van der Waals surface area (Å²) in [6.45, 7) is 0.412. The number of carbonyl (C=O) groups excluding carboxylic acids is 1. The third-order valence-electron chi connectivity index (χ3n) is 5.10. The molecular formula is C21H16ClN5O3S. The van der Waals surface area contributed by atoms with Crippen molar-refractivity contribution in [3.05, 3.63) is 77.7 Å². The molecule has 8 nitrogen and oxygen atoms in total. The van der Waals surface area contributed by atoms with Gasteiger partial charge < -0.3 is 5.32 Å². The van der Waals surface area contributed by atoms with Crippen molar-refractivity contribution in [2.75, 3.05) is 21.9 Å². The van der Waals surface area contributed by atoms with Gasteiger partial charge in [-0.25, -0.2) is 17.9 Å². The Hall–Kier alpha value is -3.43. The van der Waals surface area contributed by atoms with Crippen LogP contribution in [0.2, 0.25) is 5.02 Å². The zero-order valence-corrected chi connectivity index (χ0v) is 17.6. The summed E-state index contributed by atoms with van der Waals surface area (Å²) in [6, 6.07) is 15.7. The Kier molecular flexibility index (Phi) is 4.64. The van der Waals surface area contributed by atoms with Crippen molar-refractivity contribution < 1.29 is 13.2 Å². The van der Waals surface area contributed by atoms with Crippen LogP contribution in [0.4, 0.5) is 11.4 Å². The first-order valence-electron chi connectivity index (χ1n) is 9.42. The number of halogens is 1. The minimum atomic E-state index is -3.25. The van der Waals surface area contributed by atoms with E-state index in [2.05, 4.69) is 15.4 Å². The van der Waals surface area contributed by atoms with E-state index in [-0.39, 0.29) is 16.3 Å². The van der Waals surface area contributed by atoms with E-state index in [1.165, 1.54) is 22.8 Å². The molecule has 5 rings (SSSR count). The van der Waals surface area contributed by atoms with E-state index >= 15 is 0 Å². The number of nitrogens with zero attached hydrogens (tertiary/aromatic N) is 4. The van der Waals surface area contributed by atoms with Gasteiger partial charge in [0.1, 0.15) is 6.33 Å². The number of carbonyl (C=O) groups is 1. The fraction of sp³-hybridized carbons (Fsp3) is 0.0952. The lowest BCUT2D eigenvalue weighted by molar-refractivity contribution is 0.102. The van der Waals surface area contributed by atoms with Crippen LogP contribution in [0, 0.1) is 0 Å². The smallest absolute Gasteiger partial charge is 0.257 e. The van der Waals surface area contributed by atoms with Crippen LogP contribution in [0.25, 0.3) is 16.8 Å². The van der Waals surface area contributed by atoms with Crippen LogP contribution in [0.3, 0.4) is 0 Å². The van der Waals surface area contributed by atoms with Crippen LogP contribution < -0.4 is 9.62 Å². The van der Waals surface area contributed by atoms with E-state index in [0.717, 1.165) is 16.8 Å². The molecule has 156 valence electrons. The van der Waals surface area contributed by atoms with Crippen LogP contribution in [-0.2, 0) is 10.0 Å². The summed E-state index contributed by atoms with van der Waals surface area (Å²) in [5.41, 5.74) is 3.71. The molecule has 10 heteroatoms. The number of fused-ring (bicyclic) bond motifs is 1. The van der Waals surface area contributed by atoms with Gasteiger partial charge >= 0.3 is 0 Å². The highest BCUT2D eigenvalue weighted by Gasteiger charge is 2.33. The molecule has 4 aromatic rings. The molecule has 3 heterocycles. The van der Waals surface area contributed by atoms with Gasteiger partial charge in [0.05, 0.1) is 33.2 Å². The van der Waals surface area contributed by atoms with Crippen molar-refractivity contribution in [2.24, 2.45) is 0 Å². The lowest BCUT2D eigenvalue weighted by atomic mass is 10.1. The molecule has 1 aliphatic rings. The summed E-state index contributed by atoms with van der Waals surface area (Å²) in [7, 11) is -3.25. The minimum Gasteiger partial charge on any atom is -0.322 e. The molecular weight excluding hydrogens is 438 g/mol. The van der Waals surface area contributed by atoms with E-state index in [4.69, 9.17) is 11.6 Å². The molecule has 0 saturated carbocycles. The molecule has 0 atom stereocenters. The van der Waals surface area contributed by atoms with E-state index in [1.807, 2.05) is 36.5 Å². The maximum Gasteiger partial charge on any atom is 0.257 e. The van der Waals surface area contributed by atoms with Gasteiger partial charge in [-0.15, -0.1) is 0 Å². The molecule has 0 radical (unpaired) electrons. The first-order valence-corrected chi connectivity index (χ1v) is 11.4. The Bertz CT molecular complexity index is 1430. The molecule has 2 aromatic carbocycles. The summed E-state index contributed by atoms with van der Waals surface area (Å²) in [4.78, 5) is 17.2. The third-order valence-corrected chi connectivity index (χ3v) is 7.18.